The first kappa shape index (κ1) is 16.0. The number of nitrogens with two attached hydrogens (primary N) is 1. The van der Waals surface area contributed by atoms with Gasteiger partial charge in [0.2, 0.25) is 0 Å². The van der Waals surface area contributed by atoms with E-state index in [1.54, 1.807) is 19.3 Å². The van der Waals surface area contributed by atoms with Crippen LogP contribution in [0.2, 0.25) is 5.02 Å². The van der Waals surface area contributed by atoms with Crippen molar-refractivity contribution in [2.75, 3.05) is 5.73 Å². The summed E-state index contributed by atoms with van der Waals surface area (Å²) in [5, 5.41) is 26.0. The summed E-state index contributed by atoms with van der Waals surface area (Å²) in [6, 6.07) is 5.56. The average molecular weight is 366 g/mol. The van der Waals surface area contributed by atoms with Gasteiger partial charge in [-0.3, -0.25) is 5.10 Å². The molecule has 3 aromatic heterocycles. The van der Waals surface area contributed by atoms with Crippen molar-refractivity contribution in [1.82, 2.24) is 35.2 Å². The maximum atomic E-state index is 9.30. The molecule has 0 fully saturated rings. The Hall–Kier alpha value is -3.51. The zero-order valence-electron chi connectivity index (χ0n) is 13.8. The van der Waals surface area contributed by atoms with Gasteiger partial charge in [0.15, 0.2) is 11.5 Å². The van der Waals surface area contributed by atoms with Crippen LogP contribution in [0.3, 0.4) is 0 Å². The van der Waals surface area contributed by atoms with E-state index >= 15 is 0 Å². The first-order chi connectivity index (χ1) is 12.5. The van der Waals surface area contributed by atoms with Gasteiger partial charge in [-0.05, 0) is 19.1 Å². The highest BCUT2D eigenvalue weighted by molar-refractivity contribution is 6.35. The van der Waals surface area contributed by atoms with Crippen molar-refractivity contribution in [3.63, 3.8) is 0 Å². The minimum atomic E-state index is 0.0341. The van der Waals surface area contributed by atoms with Crippen LogP contribution < -0.4 is 5.73 Å². The zero-order chi connectivity index (χ0) is 18.4. The molecule has 4 aromatic rings. The predicted octanol–water partition coefficient (Wildman–Crippen LogP) is 2.23. The van der Waals surface area contributed by atoms with Crippen LogP contribution in [-0.4, -0.2) is 35.2 Å². The van der Waals surface area contributed by atoms with Gasteiger partial charge in [-0.2, -0.15) is 25.4 Å². The molecular weight excluding hydrogens is 354 g/mol. The van der Waals surface area contributed by atoms with Gasteiger partial charge in [-0.1, -0.05) is 11.6 Å². The third kappa shape index (κ3) is 2.44. The van der Waals surface area contributed by atoms with E-state index in [4.69, 9.17) is 17.3 Å². The molecule has 1 aromatic carbocycles. The van der Waals surface area contributed by atoms with Gasteiger partial charge in [-0.15, -0.1) is 0 Å². The molecule has 0 unspecified atom stereocenters. The van der Waals surface area contributed by atoms with Crippen LogP contribution in [0.4, 0.5) is 5.82 Å². The summed E-state index contributed by atoms with van der Waals surface area (Å²) in [6.07, 6.45) is 1.66. The number of rotatable bonds is 2. The fourth-order valence-corrected chi connectivity index (χ4v) is 3.04. The molecule has 0 atom stereocenters. The van der Waals surface area contributed by atoms with E-state index < -0.39 is 0 Å². The van der Waals surface area contributed by atoms with E-state index in [2.05, 4.69) is 30.4 Å². The van der Waals surface area contributed by atoms with Gasteiger partial charge >= 0.3 is 0 Å². The molecular formula is C16H12ClN9. The maximum Gasteiger partial charge on any atom is 0.183 e. The minimum Gasteiger partial charge on any atom is -0.381 e. The monoisotopic (exact) mass is 365 g/mol. The summed E-state index contributed by atoms with van der Waals surface area (Å²) < 4.78 is 0. The first-order valence-electron chi connectivity index (χ1n) is 7.57. The first-order valence-corrected chi connectivity index (χ1v) is 7.94. The van der Waals surface area contributed by atoms with Crippen molar-refractivity contribution in [1.29, 1.82) is 5.26 Å². The highest BCUT2D eigenvalue weighted by Crippen LogP contribution is 2.34. The number of aromatic nitrogens is 7. The second-order valence-corrected chi connectivity index (χ2v) is 6.09. The molecule has 3 heterocycles. The summed E-state index contributed by atoms with van der Waals surface area (Å²) in [6.45, 7) is 1.81. The van der Waals surface area contributed by atoms with Crippen LogP contribution in [0.1, 0.15) is 11.4 Å². The fourth-order valence-electron chi connectivity index (χ4n) is 2.77. The Morgan fingerprint density at radius 2 is 2.00 bits per heavy atom. The third-order valence-corrected chi connectivity index (χ3v) is 4.21. The lowest BCUT2D eigenvalue weighted by atomic mass is 10.0. The molecule has 0 radical (unpaired) electrons. The zero-order valence-corrected chi connectivity index (χ0v) is 14.6. The van der Waals surface area contributed by atoms with Gasteiger partial charge in [0, 0.05) is 18.0 Å². The molecule has 3 N–H and O–H groups in total. The Kier molecular flexibility index (Phi) is 3.56. The standard InChI is InChI=1S/C16H12ClN9/c1-7-12(25-26(2)24-7)15-14(21-11(5-18)16(19)22-15)8-3-9-6-20-23-13(9)10(17)4-8/h3-4,6H,1-2H3,(H2,19,22)(H,20,23). The Labute approximate surface area is 152 Å². The van der Waals surface area contributed by atoms with E-state index in [9.17, 15) is 5.26 Å². The molecule has 26 heavy (non-hydrogen) atoms. The van der Waals surface area contributed by atoms with Crippen LogP contribution in [0.5, 0.6) is 0 Å². The number of aryl methyl sites for hydroxylation is 2. The molecule has 0 bridgehead atoms. The lowest BCUT2D eigenvalue weighted by Crippen LogP contribution is -2.04. The van der Waals surface area contributed by atoms with E-state index in [1.807, 2.05) is 19.1 Å². The summed E-state index contributed by atoms with van der Waals surface area (Å²) in [4.78, 5) is 10.2. The fraction of sp³-hybridized carbons (Fsp3) is 0.125. The lowest BCUT2D eigenvalue weighted by molar-refractivity contribution is 0.650. The van der Waals surface area contributed by atoms with E-state index in [1.165, 1.54) is 4.80 Å². The molecule has 10 heteroatoms. The van der Waals surface area contributed by atoms with Crippen LogP contribution >= 0.6 is 11.6 Å². The molecule has 0 saturated heterocycles. The summed E-state index contributed by atoms with van der Waals surface area (Å²) in [5.41, 5.74) is 9.40. The maximum absolute atomic E-state index is 9.30. The number of halogens is 1. The number of aromatic amines is 1. The molecule has 0 spiro atoms. The molecule has 128 valence electrons. The second kappa shape index (κ2) is 5.79. The van der Waals surface area contributed by atoms with Crippen molar-refractivity contribution >= 4 is 28.3 Å². The Morgan fingerprint density at radius 3 is 2.69 bits per heavy atom. The predicted molar refractivity (Wildman–Crippen MR) is 96.0 cm³/mol. The van der Waals surface area contributed by atoms with Crippen molar-refractivity contribution in [3.05, 3.63) is 34.7 Å². The van der Waals surface area contributed by atoms with Gasteiger partial charge in [0.05, 0.1) is 22.4 Å². The number of hydrogen-bond donors (Lipinski definition) is 2. The normalized spacial score (nSPS) is 11.0. The van der Waals surface area contributed by atoms with Crippen LogP contribution in [0.25, 0.3) is 33.5 Å². The topological polar surface area (TPSA) is 135 Å². The molecule has 0 aliphatic rings. The average Bonchev–Trinajstić information content (AvgIpc) is 3.20. The van der Waals surface area contributed by atoms with Crippen molar-refractivity contribution in [2.45, 2.75) is 6.92 Å². The van der Waals surface area contributed by atoms with Gasteiger partial charge in [0.25, 0.3) is 0 Å². The number of nitrogens with one attached hydrogen (secondary N) is 1. The molecule has 4 rings (SSSR count). The molecule has 0 amide bonds. The quantitative estimate of drug-likeness (QED) is 0.556. The Morgan fingerprint density at radius 1 is 1.19 bits per heavy atom. The number of fused-ring (bicyclic) bond motifs is 1. The number of H-pyrrole nitrogens is 1. The summed E-state index contributed by atoms with van der Waals surface area (Å²) in [7, 11) is 1.71. The minimum absolute atomic E-state index is 0.0341. The van der Waals surface area contributed by atoms with Crippen LogP contribution in [0, 0.1) is 18.3 Å². The van der Waals surface area contributed by atoms with Crippen molar-refractivity contribution < 1.29 is 0 Å². The van der Waals surface area contributed by atoms with Crippen molar-refractivity contribution in [2.24, 2.45) is 7.05 Å². The molecule has 0 saturated carbocycles. The van der Waals surface area contributed by atoms with E-state index in [0.717, 1.165) is 10.9 Å². The molecule has 0 aliphatic carbocycles. The summed E-state index contributed by atoms with van der Waals surface area (Å²) in [5.74, 6) is 0.0341. The molecule has 9 nitrogen and oxygen atoms in total. The smallest absolute Gasteiger partial charge is 0.183 e. The Bertz CT molecular complexity index is 1200. The van der Waals surface area contributed by atoms with Gasteiger partial charge in [0.1, 0.15) is 23.2 Å². The summed E-state index contributed by atoms with van der Waals surface area (Å²) >= 11 is 6.35. The highest BCUT2D eigenvalue weighted by atomic mass is 35.5. The largest absolute Gasteiger partial charge is 0.381 e. The van der Waals surface area contributed by atoms with E-state index in [-0.39, 0.29) is 11.5 Å². The highest BCUT2D eigenvalue weighted by Gasteiger charge is 2.21. The van der Waals surface area contributed by atoms with Crippen LogP contribution in [-0.2, 0) is 7.05 Å². The van der Waals surface area contributed by atoms with Gasteiger partial charge in [-0.25, -0.2) is 9.97 Å². The number of nitriles is 1. The second-order valence-electron chi connectivity index (χ2n) is 5.68. The van der Waals surface area contributed by atoms with Crippen molar-refractivity contribution in [3.8, 4) is 28.7 Å². The number of anilines is 1. The van der Waals surface area contributed by atoms with Crippen LogP contribution in [0.15, 0.2) is 18.3 Å². The Balaban J connectivity index is 2.05. The van der Waals surface area contributed by atoms with Gasteiger partial charge < -0.3 is 5.73 Å². The molecule has 0 aliphatic heterocycles. The van der Waals surface area contributed by atoms with E-state index in [0.29, 0.717) is 33.4 Å². The number of nitrogen functional groups attached to an aromatic ring is 1. The number of nitrogens with zero attached hydrogens (tertiary/aromatic N) is 7. The number of hydrogen-bond acceptors (Lipinski definition) is 7. The SMILES string of the molecule is Cc1nn(C)nc1-c1nc(N)c(C#N)nc1-c1cc(Cl)c2[nH]ncc2c1. The third-order valence-electron chi connectivity index (χ3n) is 3.91. The lowest BCUT2D eigenvalue weighted by Gasteiger charge is -2.09. The number of benzene rings is 1.